The molecule has 2 aromatic carbocycles. The predicted molar refractivity (Wildman–Crippen MR) is 114 cm³/mol. The molecule has 0 aliphatic heterocycles. The Morgan fingerprint density at radius 1 is 1.04 bits per heavy atom. The minimum Gasteiger partial charge on any atom is -0.383 e. The van der Waals surface area contributed by atoms with Gasteiger partial charge in [-0.2, -0.15) is 0 Å². The minimum absolute atomic E-state index is 0.225. The molecule has 0 spiro atoms. The quantitative estimate of drug-likeness (QED) is 0.425. The van der Waals surface area contributed by atoms with E-state index in [1.54, 1.807) is 17.8 Å². The SMILES string of the molecule is CSc1cccc(NC(=O)C(=O)NCc2ccc([C@@H](O)c3ccccc3)s2)c1. The fourth-order valence-electron chi connectivity index (χ4n) is 2.57. The highest BCUT2D eigenvalue weighted by Gasteiger charge is 2.16. The third-order valence-corrected chi connectivity index (χ3v) is 5.89. The Hall–Kier alpha value is -2.61. The molecular weight excluding hydrogens is 392 g/mol. The van der Waals surface area contributed by atoms with Crippen LogP contribution in [-0.4, -0.2) is 23.2 Å². The third kappa shape index (κ3) is 5.22. The Balaban J connectivity index is 1.54. The zero-order valence-electron chi connectivity index (χ0n) is 15.2. The molecule has 1 atom stereocenters. The van der Waals surface area contributed by atoms with Gasteiger partial charge < -0.3 is 15.7 Å². The molecule has 0 aliphatic rings. The topological polar surface area (TPSA) is 78.4 Å². The van der Waals surface area contributed by atoms with E-state index in [9.17, 15) is 14.7 Å². The summed E-state index contributed by atoms with van der Waals surface area (Å²) in [4.78, 5) is 26.8. The van der Waals surface area contributed by atoms with Crippen LogP contribution in [0.25, 0.3) is 0 Å². The van der Waals surface area contributed by atoms with E-state index in [0.717, 1.165) is 20.2 Å². The average molecular weight is 413 g/mol. The number of carbonyl (C=O) groups is 2. The second-order valence-electron chi connectivity index (χ2n) is 5.99. The Morgan fingerprint density at radius 2 is 1.82 bits per heavy atom. The summed E-state index contributed by atoms with van der Waals surface area (Å²) in [6.07, 6.45) is 1.24. The summed E-state index contributed by atoms with van der Waals surface area (Å²) < 4.78 is 0. The molecule has 7 heteroatoms. The van der Waals surface area contributed by atoms with Crippen LogP contribution in [0, 0.1) is 0 Å². The van der Waals surface area contributed by atoms with Crippen molar-refractivity contribution in [2.24, 2.45) is 0 Å². The molecule has 0 saturated carbocycles. The van der Waals surface area contributed by atoms with Gasteiger partial charge in [0.2, 0.25) is 0 Å². The second kappa shape index (κ2) is 9.54. The van der Waals surface area contributed by atoms with E-state index in [1.807, 2.05) is 66.9 Å². The normalized spacial score (nSPS) is 11.6. The molecule has 2 amide bonds. The van der Waals surface area contributed by atoms with Crippen LogP contribution in [-0.2, 0) is 16.1 Å². The zero-order valence-corrected chi connectivity index (χ0v) is 16.8. The lowest BCUT2D eigenvalue weighted by molar-refractivity contribution is -0.136. The molecule has 5 nitrogen and oxygen atoms in total. The molecule has 144 valence electrons. The van der Waals surface area contributed by atoms with Crippen LogP contribution < -0.4 is 10.6 Å². The number of aliphatic hydroxyl groups is 1. The first-order chi connectivity index (χ1) is 13.6. The zero-order chi connectivity index (χ0) is 19.9. The van der Waals surface area contributed by atoms with Gasteiger partial charge >= 0.3 is 11.8 Å². The monoisotopic (exact) mass is 412 g/mol. The molecule has 0 radical (unpaired) electrons. The highest BCUT2D eigenvalue weighted by molar-refractivity contribution is 7.98. The largest absolute Gasteiger partial charge is 0.383 e. The Bertz CT molecular complexity index is 957. The molecule has 28 heavy (non-hydrogen) atoms. The van der Waals surface area contributed by atoms with Gasteiger partial charge in [0.15, 0.2) is 0 Å². The van der Waals surface area contributed by atoms with Crippen molar-refractivity contribution >= 4 is 40.6 Å². The van der Waals surface area contributed by atoms with Crippen molar-refractivity contribution < 1.29 is 14.7 Å². The van der Waals surface area contributed by atoms with Crippen molar-refractivity contribution in [3.8, 4) is 0 Å². The van der Waals surface area contributed by atoms with Crippen LogP contribution >= 0.6 is 23.1 Å². The number of hydrogen-bond donors (Lipinski definition) is 3. The predicted octanol–water partition coefficient (Wildman–Crippen LogP) is 3.81. The molecular formula is C21H20N2O3S2. The molecule has 1 aromatic heterocycles. The smallest absolute Gasteiger partial charge is 0.313 e. The summed E-state index contributed by atoms with van der Waals surface area (Å²) in [6.45, 7) is 0.225. The number of nitrogens with one attached hydrogen (secondary N) is 2. The Kier molecular flexibility index (Phi) is 6.86. The van der Waals surface area contributed by atoms with Gasteiger partial charge in [0.1, 0.15) is 6.10 Å². The van der Waals surface area contributed by atoms with Crippen molar-refractivity contribution in [1.82, 2.24) is 5.32 Å². The summed E-state index contributed by atoms with van der Waals surface area (Å²) in [6, 6.07) is 20.3. The van der Waals surface area contributed by atoms with Crippen molar-refractivity contribution in [2.45, 2.75) is 17.5 Å². The van der Waals surface area contributed by atoms with E-state index < -0.39 is 17.9 Å². The number of aliphatic hydroxyl groups excluding tert-OH is 1. The third-order valence-electron chi connectivity index (χ3n) is 4.02. The van der Waals surface area contributed by atoms with Gasteiger partial charge in [0.05, 0.1) is 6.54 Å². The Morgan fingerprint density at radius 3 is 2.57 bits per heavy atom. The summed E-state index contributed by atoms with van der Waals surface area (Å²) in [5.41, 5.74) is 1.39. The first-order valence-corrected chi connectivity index (χ1v) is 10.7. The van der Waals surface area contributed by atoms with E-state index in [1.165, 1.54) is 11.3 Å². The van der Waals surface area contributed by atoms with Gasteiger partial charge in [-0.3, -0.25) is 9.59 Å². The van der Waals surface area contributed by atoms with Gasteiger partial charge in [-0.1, -0.05) is 36.4 Å². The number of anilines is 1. The van der Waals surface area contributed by atoms with E-state index in [-0.39, 0.29) is 6.54 Å². The molecule has 1 heterocycles. The Labute approximate surface area is 171 Å². The molecule has 0 saturated heterocycles. The lowest BCUT2D eigenvalue weighted by Gasteiger charge is -2.08. The average Bonchev–Trinajstić information content (AvgIpc) is 3.21. The highest BCUT2D eigenvalue weighted by atomic mass is 32.2. The second-order valence-corrected chi connectivity index (χ2v) is 8.07. The maximum Gasteiger partial charge on any atom is 0.313 e. The van der Waals surface area contributed by atoms with Gasteiger partial charge in [-0.15, -0.1) is 23.1 Å². The maximum atomic E-state index is 12.1. The molecule has 0 fully saturated rings. The van der Waals surface area contributed by atoms with Gasteiger partial charge in [-0.05, 0) is 42.2 Å². The van der Waals surface area contributed by atoms with Crippen molar-refractivity contribution in [3.63, 3.8) is 0 Å². The summed E-state index contributed by atoms with van der Waals surface area (Å²) in [5.74, 6) is -1.41. The van der Waals surface area contributed by atoms with Gasteiger partial charge in [-0.25, -0.2) is 0 Å². The first-order valence-electron chi connectivity index (χ1n) is 8.61. The molecule has 0 bridgehead atoms. The van der Waals surface area contributed by atoms with Crippen molar-refractivity contribution in [1.29, 1.82) is 0 Å². The summed E-state index contributed by atoms with van der Waals surface area (Å²) in [7, 11) is 0. The van der Waals surface area contributed by atoms with Crippen LogP contribution in [0.15, 0.2) is 71.6 Å². The first kappa shape index (κ1) is 20.1. The number of benzene rings is 2. The van der Waals surface area contributed by atoms with E-state index in [0.29, 0.717) is 5.69 Å². The highest BCUT2D eigenvalue weighted by Crippen LogP contribution is 2.28. The molecule has 3 aromatic rings. The lowest BCUT2D eigenvalue weighted by Crippen LogP contribution is -2.34. The van der Waals surface area contributed by atoms with Gasteiger partial charge in [0.25, 0.3) is 0 Å². The maximum absolute atomic E-state index is 12.1. The van der Waals surface area contributed by atoms with Crippen LogP contribution in [0.2, 0.25) is 0 Å². The van der Waals surface area contributed by atoms with Crippen LogP contribution in [0.3, 0.4) is 0 Å². The number of rotatable bonds is 6. The molecule has 3 rings (SSSR count). The summed E-state index contributed by atoms with van der Waals surface area (Å²) >= 11 is 2.96. The fourth-order valence-corrected chi connectivity index (χ4v) is 4.00. The summed E-state index contributed by atoms with van der Waals surface area (Å²) in [5, 5.41) is 15.6. The number of carbonyl (C=O) groups excluding carboxylic acids is 2. The molecule has 0 aliphatic carbocycles. The van der Waals surface area contributed by atoms with E-state index in [4.69, 9.17) is 0 Å². The van der Waals surface area contributed by atoms with Crippen molar-refractivity contribution in [2.75, 3.05) is 11.6 Å². The fraction of sp³-hybridized carbons (Fsp3) is 0.143. The number of hydrogen-bond acceptors (Lipinski definition) is 5. The standard InChI is InChI=1S/C21H20N2O3S2/c1-27-16-9-5-8-15(12-16)23-21(26)20(25)22-13-17-10-11-18(28-17)19(24)14-6-3-2-4-7-14/h2-12,19,24H,13H2,1H3,(H,22,25)(H,23,26)/t19-/m0/s1. The molecule has 0 unspecified atom stereocenters. The molecule has 3 N–H and O–H groups in total. The van der Waals surface area contributed by atoms with Gasteiger partial charge in [0, 0.05) is 20.3 Å². The van der Waals surface area contributed by atoms with Crippen LogP contribution in [0.5, 0.6) is 0 Å². The number of thioether (sulfide) groups is 1. The van der Waals surface area contributed by atoms with E-state index >= 15 is 0 Å². The van der Waals surface area contributed by atoms with Crippen molar-refractivity contribution in [3.05, 3.63) is 82.0 Å². The number of amides is 2. The lowest BCUT2D eigenvalue weighted by atomic mass is 10.1. The number of thiophene rings is 1. The minimum atomic E-state index is -0.709. The van der Waals surface area contributed by atoms with E-state index in [2.05, 4.69) is 10.6 Å². The van der Waals surface area contributed by atoms with Crippen LogP contribution in [0.4, 0.5) is 5.69 Å². The van der Waals surface area contributed by atoms with Crippen LogP contribution in [0.1, 0.15) is 21.4 Å².